The standard InChI is InChI=1S/C12H17BrN2O2/c1-8(14)5-6-15-12(16)9-3-4-11(17-2)10(13)7-9/h3-4,7-8H,5-6,14H2,1-2H3,(H,15,16). The smallest absolute Gasteiger partial charge is 0.251 e. The van der Waals surface area contributed by atoms with Crippen LogP contribution in [0, 0.1) is 0 Å². The number of amides is 1. The molecule has 1 amide bonds. The van der Waals surface area contributed by atoms with E-state index in [4.69, 9.17) is 10.5 Å². The first-order valence-corrected chi connectivity index (χ1v) is 6.21. The van der Waals surface area contributed by atoms with Gasteiger partial charge >= 0.3 is 0 Å². The third-order valence-corrected chi connectivity index (χ3v) is 2.92. The molecule has 4 nitrogen and oxygen atoms in total. The Morgan fingerprint density at radius 1 is 1.59 bits per heavy atom. The van der Waals surface area contributed by atoms with Crippen molar-refractivity contribution in [3.63, 3.8) is 0 Å². The summed E-state index contributed by atoms with van der Waals surface area (Å²) < 4.78 is 5.86. The van der Waals surface area contributed by atoms with Crippen LogP contribution in [-0.2, 0) is 0 Å². The Morgan fingerprint density at radius 3 is 2.82 bits per heavy atom. The molecule has 0 aromatic heterocycles. The lowest BCUT2D eigenvalue weighted by atomic mass is 10.2. The maximum atomic E-state index is 11.8. The van der Waals surface area contributed by atoms with Crippen LogP contribution in [-0.4, -0.2) is 25.6 Å². The first kappa shape index (κ1) is 14.0. The summed E-state index contributed by atoms with van der Waals surface area (Å²) in [5.41, 5.74) is 6.20. The molecule has 1 aromatic rings. The number of benzene rings is 1. The Hall–Kier alpha value is -1.07. The van der Waals surface area contributed by atoms with Gasteiger partial charge in [0.2, 0.25) is 0 Å². The fourth-order valence-corrected chi connectivity index (χ4v) is 1.86. The molecule has 0 saturated carbocycles. The van der Waals surface area contributed by atoms with Crippen molar-refractivity contribution in [1.29, 1.82) is 0 Å². The van der Waals surface area contributed by atoms with Crippen molar-refractivity contribution in [2.24, 2.45) is 5.73 Å². The molecule has 1 unspecified atom stereocenters. The van der Waals surface area contributed by atoms with Crippen LogP contribution in [0.3, 0.4) is 0 Å². The summed E-state index contributed by atoms with van der Waals surface area (Å²) in [4.78, 5) is 11.8. The zero-order chi connectivity index (χ0) is 12.8. The number of carbonyl (C=O) groups is 1. The van der Waals surface area contributed by atoms with Crippen molar-refractivity contribution in [2.75, 3.05) is 13.7 Å². The molecule has 5 heteroatoms. The molecule has 0 radical (unpaired) electrons. The topological polar surface area (TPSA) is 64.3 Å². The summed E-state index contributed by atoms with van der Waals surface area (Å²) in [5.74, 6) is 0.603. The molecule has 0 aliphatic carbocycles. The van der Waals surface area contributed by atoms with E-state index in [0.29, 0.717) is 17.9 Å². The highest BCUT2D eigenvalue weighted by Gasteiger charge is 2.08. The normalized spacial score (nSPS) is 12.0. The van der Waals surface area contributed by atoms with Crippen LogP contribution in [0.15, 0.2) is 22.7 Å². The molecule has 0 spiro atoms. The minimum absolute atomic E-state index is 0.0953. The largest absolute Gasteiger partial charge is 0.496 e. The Morgan fingerprint density at radius 2 is 2.29 bits per heavy atom. The van der Waals surface area contributed by atoms with Gasteiger partial charge in [-0.05, 0) is 47.5 Å². The fraction of sp³-hybridized carbons (Fsp3) is 0.417. The zero-order valence-electron chi connectivity index (χ0n) is 10.00. The van der Waals surface area contributed by atoms with Crippen LogP contribution in [0.1, 0.15) is 23.7 Å². The van der Waals surface area contributed by atoms with E-state index < -0.39 is 0 Å². The van der Waals surface area contributed by atoms with E-state index in [1.165, 1.54) is 0 Å². The molecular weight excluding hydrogens is 284 g/mol. The third kappa shape index (κ3) is 4.36. The number of hydrogen-bond acceptors (Lipinski definition) is 3. The van der Waals surface area contributed by atoms with Crippen LogP contribution in [0.4, 0.5) is 0 Å². The van der Waals surface area contributed by atoms with Gasteiger partial charge < -0.3 is 15.8 Å². The van der Waals surface area contributed by atoms with E-state index in [0.717, 1.165) is 10.9 Å². The van der Waals surface area contributed by atoms with Crippen molar-refractivity contribution in [3.05, 3.63) is 28.2 Å². The lowest BCUT2D eigenvalue weighted by Crippen LogP contribution is -2.28. The van der Waals surface area contributed by atoms with E-state index in [-0.39, 0.29) is 11.9 Å². The second-order valence-electron chi connectivity index (χ2n) is 3.87. The van der Waals surface area contributed by atoms with Crippen molar-refractivity contribution in [3.8, 4) is 5.75 Å². The quantitative estimate of drug-likeness (QED) is 0.873. The number of nitrogens with one attached hydrogen (secondary N) is 1. The van der Waals surface area contributed by atoms with Gasteiger partial charge in [-0.1, -0.05) is 0 Å². The Bertz CT molecular complexity index is 394. The lowest BCUT2D eigenvalue weighted by Gasteiger charge is -2.08. The second kappa shape index (κ2) is 6.61. The van der Waals surface area contributed by atoms with E-state index in [2.05, 4.69) is 21.2 Å². The highest BCUT2D eigenvalue weighted by atomic mass is 79.9. The molecule has 1 rings (SSSR count). The zero-order valence-corrected chi connectivity index (χ0v) is 11.6. The van der Waals surface area contributed by atoms with Crippen LogP contribution in [0.2, 0.25) is 0 Å². The Kier molecular flexibility index (Phi) is 5.44. The minimum atomic E-state index is -0.103. The number of methoxy groups -OCH3 is 1. The Balaban J connectivity index is 2.60. The summed E-state index contributed by atoms with van der Waals surface area (Å²) in [6.45, 7) is 2.50. The monoisotopic (exact) mass is 300 g/mol. The Labute approximate surface area is 110 Å². The molecule has 94 valence electrons. The van der Waals surface area contributed by atoms with E-state index in [1.807, 2.05) is 6.92 Å². The van der Waals surface area contributed by atoms with Crippen molar-refractivity contribution >= 4 is 21.8 Å². The number of carbonyl (C=O) groups excluding carboxylic acids is 1. The van der Waals surface area contributed by atoms with Gasteiger partial charge in [0.05, 0.1) is 11.6 Å². The number of ether oxygens (including phenoxy) is 1. The number of nitrogens with two attached hydrogens (primary N) is 1. The van der Waals surface area contributed by atoms with Gasteiger partial charge in [0.1, 0.15) is 5.75 Å². The van der Waals surface area contributed by atoms with E-state index in [1.54, 1.807) is 25.3 Å². The molecule has 0 aliphatic rings. The molecular formula is C12H17BrN2O2. The average Bonchev–Trinajstić information content (AvgIpc) is 2.28. The maximum absolute atomic E-state index is 11.8. The van der Waals surface area contributed by atoms with Crippen LogP contribution >= 0.6 is 15.9 Å². The summed E-state index contributed by atoms with van der Waals surface area (Å²) in [6.07, 6.45) is 0.767. The highest BCUT2D eigenvalue weighted by molar-refractivity contribution is 9.10. The summed E-state index contributed by atoms with van der Waals surface area (Å²) in [5, 5.41) is 2.81. The van der Waals surface area contributed by atoms with Crippen LogP contribution < -0.4 is 15.8 Å². The molecule has 1 aromatic carbocycles. The summed E-state index contributed by atoms with van der Waals surface area (Å²) in [7, 11) is 1.59. The van der Waals surface area contributed by atoms with Crippen LogP contribution in [0.5, 0.6) is 5.75 Å². The minimum Gasteiger partial charge on any atom is -0.496 e. The molecule has 0 aliphatic heterocycles. The van der Waals surface area contributed by atoms with Gasteiger partial charge in [-0.15, -0.1) is 0 Å². The SMILES string of the molecule is COc1ccc(C(=O)NCCC(C)N)cc1Br. The van der Waals surface area contributed by atoms with Gasteiger partial charge in [-0.25, -0.2) is 0 Å². The van der Waals surface area contributed by atoms with Crippen molar-refractivity contribution in [2.45, 2.75) is 19.4 Å². The highest BCUT2D eigenvalue weighted by Crippen LogP contribution is 2.25. The van der Waals surface area contributed by atoms with Gasteiger partial charge in [-0.3, -0.25) is 4.79 Å². The first-order chi connectivity index (χ1) is 8.04. The van der Waals surface area contributed by atoms with Crippen LogP contribution in [0.25, 0.3) is 0 Å². The summed E-state index contributed by atoms with van der Waals surface area (Å²) in [6, 6.07) is 5.31. The number of hydrogen-bond donors (Lipinski definition) is 2. The number of rotatable bonds is 5. The average molecular weight is 301 g/mol. The first-order valence-electron chi connectivity index (χ1n) is 5.42. The summed E-state index contributed by atoms with van der Waals surface area (Å²) >= 11 is 3.34. The molecule has 1 atom stereocenters. The van der Waals surface area contributed by atoms with Gasteiger partial charge in [0.15, 0.2) is 0 Å². The van der Waals surface area contributed by atoms with Gasteiger partial charge in [0, 0.05) is 18.2 Å². The van der Waals surface area contributed by atoms with Gasteiger partial charge in [-0.2, -0.15) is 0 Å². The molecule has 0 heterocycles. The molecule has 3 N–H and O–H groups in total. The van der Waals surface area contributed by atoms with Gasteiger partial charge in [0.25, 0.3) is 5.91 Å². The van der Waals surface area contributed by atoms with E-state index in [9.17, 15) is 4.79 Å². The predicted molar refractivity (Wildman–Crippen MR) is 71.3 cm³/mol. The molecule has 17 heavy (non-hydrogen) atoms. The third-order valence-electron chi connectivity index (χ3n) is 2.30. The molecule has 0 fully saturated rings. The van der Waals surface area contributed by atoms with E-state index >= 15 is 0 Å². The van der Waals surface area contributed by atoms with Crippen molar-refractivity contribution in [1.82, 2.24) is 5.32 Å². The molecule has 0 saturated heterocycles. The number of halogens is 1. The predicted octanol–water partition coefficient (Wildman–Crippen LogP) is 1.92. The van der Waals surface area contributed by atoms with Crippen molar-refractivity contribution < 1.29 is 9.53 Å². The lowest BCUT2D eigenvalue weighted by molar-refractivity contribution is 0.0952. The second-order valence-corrected chi connectivity index (χ2v) is 4.73. The fourth-order valence-electron chi connectivity index (χ4n) is 1.32. The maximum Gasteiger partial charge on any atom is 0.251 e. The molecule has 0 bridgehead atoms.